The number of halogens is 2. The highest BCUT2D eigenvalue weighted by atomic mass is 35.5. The van der Waals surface area contributed by atoms with Gasteiger partial charge in [0.1, 0.15) is 11.5 Å². The molecule has 0 bridgehead atoms. The van der Waals surface area contributed by atoms with Gasteiger partial charge in [0, 0.05) is 22.5 Å². The van der Waals surface area contributed by atoms with E-state index in [1.54, 1.807) is 18.3 Å². The maximum atomic E-state index is 13.1. The summed E-state index contributed by atoms with van der Waals surface area (Å²) in [6, 6.07) is 14.4. The van der Waals surface area contributed by atoms with Crippen LogP contribution in [0.25, 0.3) is 33.1 Å². The van der Waals surface area contributed by atoms with Crippen molar-refractivity contribution in [3.8, 4) is 11.1 Å². The normalized spacial score (nSPS) is 11.3. The Hall–Kier alpha value is -2.39. The van der Waals surface area contributed by atoms with Crippen molar-refractivity contribution < 1.29 is 4.39 Å². The van der Waals surface area contributed by atoms with Gasteiger partial charge in [-0.2, -0.15) is 0 Å². The van der Waals surface area contributed by atoms with Gasteiger partial charge < -0.3 is 4.98 Å². The number of pyridine rings is 1. The molecular weight excluding hydrogens is 287 g/mol. The van der Waals surface area contributed by atoms with E-state index in [2.05, 4.69) is 9.97 Å². The molecule has 4 rings (SSSR count). The smallest absolute Gasteiger partial charge is 0.138 e. The molecule has 21 heavy (non-hydrogen) atoms. The molecule has 1 N–H and O–H groups in total. The third kappa shape index (κ3) is 1.98. The maximum Gasteiger partial charge on any atom is 0.138 e. The standard InChI is InChI=1S/C17H10ClFN2/c18-11-8-14-16-13(10-4-6-12(19)7-5-10)2-1-3-15(16)21-17(14)20-9-11/h1-9H,(H,20,21). The number of aromatic nitrogens is 2. The van der Waals surface area contributed by atoms with Crippen molar-refractivity contribution in [2.45, 2.75) is 0 Å². The lowest BCUT2D eigenvalue weighted by molar-refractivity contribution is 0.628. The van der Waals surface area contributed by atoms with Gasteiger partial charge in [0.15, 0.2) is 0 Å². The Morgan fingerprint density at radius 1 is 1.05 bits per heavy atom. The summed E-state index contributed by atoms with van der Waals surface area (Å²) < 4.78 is 13.1. The number of hydrogen-bond acceptors (Lipinski definition) is 1. The monoisotopic (exact) mass is 296 g/mol. The van der Waals surface area contributed by atoms with Gasteiger partial charge in [-0.15, -0.1) is 0 Å². The van der Waals surface area contributed by atoms with Crippen LogP contribution in [0.15, 0.2) is 54.7 Å². The fraction of sp³-hybridized carbons (Fsp3) is 0. The molecule has 0 aliphatic carbocycles. The summed E-state index contributed by atoms with van der Waals surface area (Å²) in [5.74, 6) is -0.241. The Labute approximate surface area is 125 Å². The number of hydrogen-bond donors (Lipinski definition) is 1. The second kappa shape index (κ2) is 4.57. The highest BCUT2D eigenvalue weighted by molar-refractivity contribution is 6.31. The summed E-state index contributed by atoms with van der Waals surface area (Å²) >= 11 is 6.07. The quantitative estimate of drug-likeness (QED) is 0.515. The number of benzene rings is 2. The molecule has 0 radical (unpaired) electrons. The minimum absolute atomic E-state index is 0.241. The van der Waals surface area contributed by atoms with E-state index >= 15 is 0 Å². The van der Waals surface area contributed by atoms with Gasteiger partial charge in [-0.3, -0.25) is 0 Å². The number of fused-ring (bicyclic) bond motifs is 3. The molecular formula is C17H10ClFN2. The third-order valence-electron chi connectivity index (χ3n) is 3.60. The molecule has 0 aliphatic rings. The summed E-state index contributed by atoms with van der Waals surface area (Å²) in [5.41, 5.74) is 3.77. The topological polar surface area (TPSA) is 28.7 Å². The zero-order valence-corrected chi connectivity index (χ0v) is 11.7. The molecule has 0 unspecified atom stereocenters. The van der Waals surface area contributed by atoms with Crippen LogP contribution in [0.1, 0.15) is 0 Å². The Morgan fingerprint density at radius 2 is 1.86 bits per heavy atom. The van der Waals surface area contributed by atoms with Crippen LogP contribution in [0, 0.1) is 5.82 Å². The van der Waals surface area contributed by atoms with Crippen molar-refractivity contribution in [1.29, 1.82) is 0 Å². The number of nitrogens with zero attached hydrogens (tertiary/aromatic N) is 1. The average Bonchev–Trinajstić information content (AvgIpc) is 2.86. The van der Waals surface area contributed by atoms with E-state index in [-0.39, 0.29) is 5.82 Å². The molecule has 4 aromatic rings. The van der Waals surface area contributed by atoms with Crippen molar-refractivity contribution >= 4 is 33.5 Å². The Bertz CT molecular complexity index is 958. The molecule has 0 saturated carbocycles. The number of H-pyrrole nitrogens is 1. The van der Waals surface area contributed by atoms with Crippen LogP contribution in [-0.4, -0.2) is 9.97 Å². The van der Waals surface area contributed by atoms with Crippen LogP contribution < -0.4 is 0 Å². The first-order valence-electron chi connectivity index (χ1n) is 6.54. The predicted octanol–water partition coefficient (Wildman–Crippen LogP) is 5.18. The molecule has 0 spiro atoms. The van der Waals surface area contributed by atoms with Crippen LogP contribution in [0.5, 0.6) is 0 Å². The van der Waals surface area contributed by atoms with Gasteiger partial charge in [0.05, 0.1) is 5.02 Å². The first-order chi connectivity index (χ1) is 10.2. The molecule has 0 aliphatic heterocycles. The van der Waals surface area contributed by atoms with Crippen LogP contribution >= 0.6 is 11.6 Å². The van der Waals surface area contributed by atoms with E-state index in [0.29, 0.717) is 5.02 Å². The largest absolute Gasteiger partial charge is 0.339 e. The second-order valence-corrected chi connectivity index (χ2v) is 5.35. The SMILES string of the molecule is Fc1ccc(-c2cccc3[nH]c4ncc(Cl)cc4c23)cc1. The molecule has 4 heteroatoms. The summed E-state index contributed by atoms with van der Waals surface area (Å²) in [7, 11) is 0. The number of aromatic amines is 1. The predicted molar refractivity (Wildman–Crippen MR) is 84.0 cm³/mol. The van der Waals surface area contributed by atoms with Gasteiger partial charge >= 0.3 is 0 Å². The summed E-state index contributed by atoms with van der Waals surface area (Å²) in [5, 5.41) is 2.61. The van der Waals surface area contributed by atoms with Crippen molar-refractivity contribution in [2.75, 3.05) is 0 Å². The van der Waals surface area contributed by atoms with Gasteiger partial charge in [-0.05, 0) is 35.4 Å². The molecule has 0 amide bonds. The van der Waals surface area contributed by atoms with Crippen molar-refractivity contribution in [2.24, 2.45) is 0 Å². The lowest BCUT2D eigenvalue weighted by Gasteiger charge is -2.04. The Morgan fingerprint density at radius 3 is 2.67 bits per heavy atom. The first-order valence-corrected chi connectivity index (χ1v) is 6.92. The minimum atomic E-state index is -0.241. The molecule has 0 saturated heterocycles. The van der Waals surface area contributed by atoms with Gasteiger partial charge in [-0.1, -0.05) is 35.9 Å². The lowest BCUT2D eigenvalue weighted by atomic mass is 10.00. The zero-order chi connectivity index (χ0) is 14.4. The van der Waals surface area contributed by atoms with Crippen molar-refractivity contribution in [3.05, 3.63) is 65.6 Å². The van der Waals surface area contributed by atoms with Gasteiger partial charge in [0.25, 0.3) is 0 Å². The molecule has 102 valence electrons. The van der Waals surface area contributed by atoms with E-state index < -0.39 is 0 Å². The summed E-state index contributed by atoms with van der Waals surface area (Å²) in [4.78, 5) is 7.60. The highest BCUT2D eigenvalue weighted by Gasteiger charge is 2.11. The summed E-state index contributed by atoms with van der Waals surface area (Å²) in [6.07, 6.45) is 1.62. The number of rotatable bonds is 1. The van der Waals surface area contributed by atoms with Crippen LogP contribution in [0.4, 0.5) is 4.39 Å². The molecule has 0 atom stereocenters. The van der Waals surface area contributed by atoms with Crippen LogP contribution in [0.3, 0.4) is 0 Å². The summed E-state index contributed by atoms with van der Waals surface area (Å²) in [6.45, 7) is 0. The fourth-order valence-corrected chi connectivity index (χ4v) is 2.83. The second-order valence-electron chi connectivity index (χ2n) is 4.91. The molecule has 0 fully saturated rings. The average molecular weight is 297 g/mol. The third-order valence-corrected chi connectivity index (χ3v) is 3.80. The number of nitrogens with one attached hydrogen (secondary N) is 1. The Kier molecular flexibility index (Phi) is 2.69. The lowest BCUT2D eigenvalue weighted by Crippen LogP contribution is -1.81. The van der Waals surface area contributed by atoms with Gasteiger partial charge in [-0.25, -0.2) is 9.37 Å². The van der Waals surface area contributed by atoms with E-state index in [9.17, 15) is 4.39 Å². The van der Waals surface area contributed by atoms with E-state index in [1.165, 1.54) is 12.1 Å². The van der Waals surface area contributed by atoms with E-state index in [0.717, 1.165) is 33.1 Å². The van der Waals surface area contributed by atoms with Crippen molar-refractivity contribution in [1.82, 2.24) is 9.97 Å². The maximum absolute atomic E-state index is 13.1. The Balaban J connectivity index is 2.11. The van der Waals surface area contributed by atoms with Crippen molar-refractivity contribution in [3.63, 3.8) is 0 Å². The van der Waals surface area contributed by atoms with E-state index in [4.69, 9.17) is 11.6 Å². The fourth-order valence-electron chi connectivity index (χ4n) is 2.67. The molecule has 2 heterocycles. The first kappa shape index (κ1) is 12.4. The van der Waals surface area contributed by atoms with Crippen LogP contribution in [0.2, 0.25) is 5.02 Å². The molecule has 2 nitrogen and oxygen atoms in total. The van der Waals surface area contributed by atoms with Gasteiger partial charge in [0.2, 0.25) is 0 Å². The zero-order valence-electron chi connectivity index (χ0n) is 10.9. The van der Waals surface area contributed by atoms with E-state index in [1.807, 2.05) is 24.3 Å². The highest BCUT2D eigenvalue weighted by Crippen LogP contribution is 2.34. The molecule has 2 aromatic carbocycles. The van der Waals surface area contributed by atoms with Crippen LogP contribution in [-0.2, 0) is 0 Å². The minimum Gasteiger partial charge on any atom is -0.339 e. The molecule has 2 aromatic heterocycles.